The van der Waals surface area contributed by atoms with Crippen LogP contribution >= 0.6 is 11.8 Å². The second-order valence-corrected chi connectivity index (χ2v) is 7.70. The summed E-state index contributed by atoms with van der Waals surface area (Å²) in [6.45, 7) is 0. The number of thioether (sulfide) groups is 1. The maximum absolute atomic E-state index is 12.2. The van der Waals surface area contributed by atoms with E-state index in [-0.39, 0.29) is 5.75 Å². The van der Waals surface area contributed by atoms with Gasteiger partial charge in [0.2, 0.25) is 10.0 Å². The molecule has 0 unspecified atom stereocenters. The van der Waals surface area contributed by atoms with Crippen molar-refractivity contribution in [1.29, 1.82) is 0 Å². The van der Waals surface area contributed by atoms with Crippen molar-refractivity contribution in [2.45, 2.75) is 4.90 Å². The third kappa shape index (κ3) is 4.37. The largest absolute Gasteiger partial charge is 0.399 e. The van der Waals surface area contributed by atoms with E-state index in [1.807, 2.05) is 18.2 Å². The summed E-state index contributed by atoms with van der Waals surface area (Å²) in [7, 11) is -1.81. The van der Waals surface area contributed by atoms with Crippen molar-refractivity contribution in [2.24, 2.45) is 0 Å². The molecule has 1 aromatic carbocycles. The fraction of sp³-hybridized carbons (Fsp3) is 0.214. The van der Waals surface area contributed by atoms with Crippen molar-refractivity contribution in [3.05, 3.63) is 48.8 Å². The highest BCUT2D eigenvalue weighted by atomic mass is 32.2. The summed E-state index contributed by atoms with van der Waals surface area (Å²) in [5, 5.41) is 0. The first-order valence-electron chi connectivity index (χ1n) is 6.34. The number of rotatable bonds is 6. The zero-order valence-electron chi connectivity index (χ0n) is 11.6. The van der Waals surface area contributed by atoms with E-state index in [4.69, 9.17) is 5.73 Å². The predicted octanol–water partition coefficient (Wildman–Crippen LogP) is 2.22. The maximum atomic E-state index is 12.2. The predicted molar refractivity (Wildman–Crippen MR) is 88.0 cm³/mol. The Hall–Kier alpha value is -1.73. The molecule has 0 aliphatic rings. The van der Waals surface area contributed by atoms with Crippen LogP contribution in [0.1, 0.15) is 0 Å². The molecule has 2 aromatic rings. The van der Waals surface area contributed by atoms with Gasteiger partial charge in [0.05, 0.1) is 17.6 Å². The van der Waals surface area contributed by atoms with Gasteiger partial charge in [0, 0.05) is 29.6 Å². The lowest BCUT2D eigenvalue weighted by atomic mass is 10.3. The van der Waals surface area contributed by atoms with Crippen LogP contribution in [0.5, 0.6) is 0 Å². The lowest BCUT2D eigenvalue weighted by Crippen LogP contribution is -2.29. The summed E-state index contributed by atoms with van der Waals surface area (Å²) in [4.78, 5) is 4.90. The van der Waals surface area contributed by atoms with Gasteiger partial charge >= 0.3 is 0 Å². The van der Waals surface area contributed by atoms with Crippen molar-refractivity contribution in [3.63, 3.8) is 0 Å². The van der Waals surface area contributed by atoms with Crippen LogP contribution in [0.25, 0.3) is 0 Å². The molecule has 2 rings (SSSR count). The minimum absolute atomic E-state index is 0.0534. The molecule has 0 atom stereocenters. The van der Waals surface area contributed by atoms with Gasteiger partial charge < -0.3 is 5.73 Å². The summed E-state index contributed by atoms with van der Waals surface area (Å²) in [5.41, 5.74) is 6.93. The highest BCUT2D eigenvalue weighted by molar-refractivity contribution is 8.01. The smallest absolute Gasteiger partial charge is 0.235 e. The molecule has 0 aliphatic heterocycles. The van der Waals surface area contributed by atoms with E-state index in [1.165, 1.54) is 29.3 Å². The summed E-state index contributed by atoms with van der Waals surface area (Å²) in [6.07, 6.45) is 3.14. The molecular weight excluding hydrogens is 306 g/mol. The van der Waals surface area contributed by atoms with Gasteiger partial charge in [-0.25, -0.2) is 8.42 Å². The van der Waals surface area contributed by atoms with Gasteiger partial charge in [0.25, 0.3) is 0 Å². The van der Waals surface area contributed by atoms with Crippen LogP contribution in [0.15, 0.2) is 53.7 Å². The Morgan fingerprint density at radius 3 is 2.76 bits per heavy atom. The monoisotopic (exact) mass is 323 g/mol. The lowest BCUT2D eigenvalue weighted by molar-refractivity contribution is 0.596. The molecule has 0 saturated carbocycles. The molecule has 0 amide bonds. The number of anilines is 2. The van der Waals surface area contributed by atoms with Crippen LogP contribution in [0, 0.1) is 0 Å². The number of nitrogens with zero attached hydrogens (tertiary/aromatic N) is 2. The van der Waals surface area contributed by atoms with E-state index in [0.29, 0.717) is 17.1 Å². The van der Waals surface area contributed by atoms with Crippen LogP contribution in [-0.2, 0) is 10.0 Å². The molecule has 0 fully saturated rings. The van der Waals surface area contributed by atoms with Gasteiger partial charge in [0.15, 0.2) is 0 Å². The standard InChI is InChI=1S/C14H17N3O2S2/c1-17(13-5-3-7-16-11-13)21(18,19)9-8-20-14-6-2-4-12(15)10-14/h2-7,10-11H,8-9,15H2,1H3. The number of benzene rings is 1. The van der Waals surface area contributed by atoms with Gasteiger partial charge in [-0.3, -0.25) is 9.29 Å². The Bertz CT molecular complexity index is 690. The summed E-state index contributed by atoms with van der Waals surface area (Å²) >= 11 is 1.47. The molecule has 0 aliphatic carbocycles. The highest BCUT2D eigenvalue weighted by Crippen LogP contribution is 2.21. The fourth-order valence-electron chi connectivity index (χ4n) is 1.71. The highest BCUT2D eigenvalue weighted by Gasteiger charge is 2.18. The van der Waals surface area contributed by atoms with E-state index in [1.54, 1.807) is 24.4 Å². The number of hydrogen-bond acceptors (Lipinski definition) is 5. The fourth-order valence-corrected chi connectivity index (χ4v) is 4.22. The SMILES string of the molecule is CN(c1cccnc1)S(=O)(=O)CCSc1cccc(N)c1. The van der Waals surface area contributed by atoms with E-state index < -0.39 is 10.0 Å². The Morgan fingerprint density at radius 2 is 2.10 bits per heavy atom. The first-order chi connectivity index (χ1) is 9.99. The molecule has 0 radical (unpaired) electrons. The summed E-state index contributed by atoms with van der Waals surface area (Å²) in [6, 6.07) is 10.8. The molecule has 1 heterocycles. The molecular formula is C14H17N3O2S2. The van der Waals surface area contributed by atoms with E-state index in [2.05, 4.69) is 4.98 Å². The zero-order chi connectivity index (χ0) is 15.3. The minimum atomic E-state index is -3.35. The molecule has 21 heavy (non-hydrogen) atoms. The number of sulfonamides is 1. The quantitative estimate of drug-likeness (QED) is 0.651. The van der Waals surface area contributed by atoms with E-state index in [0.717, 1.165) is 4.90 Å². The number of hydrogen-bond donors (Lipinski definition) is 1. The van der Waals surface area contributed by atoms with Gasteiger partial charge in [0.1, 0.15) is 0 Å². The zero-order valence-corrected chi connectivity index (χ0v) is 13.3. The molecule has 0 spiro atoms. The third-order valence-corrected chi connectivity index (χ3v) is 5.91. The van der Waals surface area contributed by atoms with Crippen LogP contribution in [0.4, 0.5) is 11.4 Å². The molecule has 2 N–H and O–H groups in total. The average molecular weight is 323 g/mol. The Morgan fingerprint density at radius 1 is 1.29 bits per heavy atom. The number of nitrogen functional groups attached to an aromatic ring is 1. The topological polar surface area (TPSA) is 76.3 Å². The minimum Gasteiger partial charge on any atom is -0.399 e. The normalized spacial score (nSPS) is 11.3. The van der Waals surface area contributed by atoms with Crippen LogP contribution in [-0.4, -0.2) is 32.0 Å². The summed E-state index contributed by atoms with van der Waals surface area (Å²) in [5.74, 6) is 0.522. The number of pyridine rings is 1. The van der Waals surface area contributed by atoms with Crippen molar-refractivity contribution in [1.82, 2.24) is 4.98 Å². The average Bonchev–Trinajstić information content (AvgIpc) is 2.47. The van der Waals surface area contributed by atoms with Gasteiger partial charge in [-0.15, -0.1) is 11.8 Å². The molecule has 0 saturated heterocycles. The van der Waals surface area contributed by atoms with Crippen molar-refractivity contribution in [2.75, 3.05) is 28.6 Å². The van der Waals surface area contributed by atoms with Crippen LogP contribution < -0.4 is 10.0 Å². The van der Waals surface area contributed by atoms with Crippen molar-refractivity contribution in [3.8, 4) is 0 Å². The second kappa shape index (κ2) is 6.82. The van der Waals surface area contributed by atoms with E-state index in [9.17, 15) is 8.42 Å². The second-order valence-electron chi connectivity index (χ2n) is 4.42. The van der Waals surface area contributed by atoms with Crippen LogP contribution in [0.2, 0.25) is 0 Å². The first-order valence-corrected chi connectivity index (χ1v) is 8.93. The molecule has 1 aromatic heterocycles. The van der Waals surface area contributed by atoms with Gasteiger partial charge in [-0.2, -0.15) is 0 Å². The Labute approximate surface area is 129 Å². The first kappa shape index (κ1) is 15.7. The molecule has 112 valence electrons. The Balaban J connectivity index is 1.95. The van der Waals surface area contributed by atoms with Crippen molar-refractivity contribution >= 4 is 33.2 Å². The molecule has 5 nitrogen and oxygen atoms in total. The number of aromatic nitrogens is 1. The van der Waals surface area contributed by atoms with Gasteiger partial charge in [-0.1, -0.05) is 6.07 Å². The molecule has 0 bridgehead atoms. The Kier molecular flexibility index (Phi) is 5.08. The maximum Gasteiger partial charge on any atom is 0.235 e. The third-order valence-electron chi connectivity index (χ3n) is 2.89. The van der Waals surface area contributed by atoms with Crippen LogP contribution in [0.3, 0.4) is 0 Å². The number of nitrogens with two attached hydrogens (primary N) is 1. The summed E-state index contributed by atoms with van der Waals surface area (Å²) < 4.78 is 25.8. The molecule has 7 heteroatoms. The lowest BCUT2D eigenvalue weighted by Gasteiger charge is -2.18. The van der Waals surface area contributed by atoms with Crippen molar-refractivity contribution < 1.29 is 8.42 Å². The van der Waals surface area contributed by atoms with E-state index >= 15 is 0 Å². The van der Waals surface area contributed by atoms with Gasteiger partial charge in [-0.05, 0) is 30.3 Å².